The second kappa shape index (κ2) is 8.38. The maximum Gasteiger partial charge on any atom is 0.434 e. The number of alkyl halides is 3. The average molecular weight is 454 g/mol. The van der Waals surface area contributed by atoms with Crippen molar-refractivity contribution in [3.63, 3.8) is 0 Å². The lowest BCUT2D eigenvalue weighted by Gasteiger charge is -2.26. The molecule has 1 fully saturated rings. The number of ether oxygens (including phenoxy) is 1. The highest BCUT2D eigenvalue weighted by Crippen LogP contribution is 2.45. The van der Waals surface area contributed by atoms with Crippen LogP contribution in [0, 0.1) is 13.8 Å². The van der Waals surface area contributed by atoms with E-state index in [4.69, 9.17) is 4.74 Å². The molecule has 4 rings (SSSR count). The van der Waals surface area contributed by atoms with E-state index in [2.05, 4.69) is 28.9 Å². The average Bonchev–Trinajstić information content (AvgIpc) is 3.30. The Morgan fingerprint density at radius 1 is 1.13 bits per heavy atom. The van der Waals surface area contributed by atoms with E-state index in [1.54, 1.807) is 11.4 Å². The lowest BCUT2D eigenvalue weighted by atomic mass is 9.98. The fraction of sp³-hybridized carbons (Fsp3) is 0.571. The molecule has 10 heteroatoms. The molecule has 0 saturated carbocycles. The monoisotopic (exact) mass is 453 g/mol. The van der Waals surface area contributed by atoms with E-state index in [9.17, 15) is 13.2 Å². The highest BCUT2D eigenvalue weighted by atomic mass is 32.1. The normalized spacial score (nSPS) is 15.4. The summed E-state index contributed by atoms with van der Waals surface area (Å²) in [7, 11) is 0. The summed E-state index contributed by atoms with van der Waals surface area (Å²) in [5, 5.41) is 4.98. The van der Waals surface area contributed by atoms with E-state index >= 15 is 0 Å². The summed E-state index contributed by atoms with van der Waals surface area (Å²) in [6, 6.07) is 1.98. The molecule has 0 N–H and O–H groups in total. The maximum atomic E-state index is 14.0. The molecule has 1 aliphatic heterocycles. The third kappa shape index (κ3) is 4.03. The van der Waals surface area contributed by atoms with E-state index in [1.165, 1.54) is 0 Å². The first-order chi connectivity index (χ1) is 14.7. The highest BCUT2D eigenvalue weighted by molar-refractivity contribution is 7.19. The highest BCUT2D eigenvalue weighted by Gasteiger charge is 2.40. The quantitative estimate of drug-likeness (QED) is 0.530. The molecule has 1 saturated heterocycles. The first kappa shape index (κ1) is 22.0. The summed E-state index contributed by atoms with van der Waals surface area (Å²) in [4.78, 5) is 10.6. The number of morpholine rings is 1. The van der Waals surface area contributed by atoms with Gasteiger partial charge in [-0.15, -0.1) is 0 Å². The summed E-state index contributed by atoms with van der Waals surface area (Å²) in [5.74, 6) is 0.254. The molecule has 0 bridgehead atoms. The number of fused-ring (bicyclic) bond motifs is 1. The predicted octanol–water partition coefficient (Wildman–Crippen LogP) is 5.23. The molecule has 168 valence electrons. The zero-order valence-corrected chi connectivity index (χ0v) is 18.9. The number of halogens is 3. The van der Waals surface area contributed by atoms with E-state index in [-0.39, 0.29) is 10.8 Å². The number of hydrogen-bond donors (Lipinski definition) is 0. The Kier molecular flexibility index (Phi) is 5.95. The van der Waals surface area contributed by atoms with Gasteiger partial charge in [0.05, 0.1) is 29.3 Å². The Bertz CT molecular complexity index is 1080. The minimum atomic E-state index is -4.57. The molecule has 0 unspecified atom stereocenters. The van der Waals surface area contributed by atoms with Crippen LogP contribution < -0.4 is 4.90 Å². The molecule has 0 atom stereocenters. The fourth-order valence-corrected chi connectivity index (χ4v) is 5.33. The smallest absolute Gasteiger partial charge is 0.378 e. The number of nitrogens with zero attached hydrogens (tertiary/aromatic N) is 5. The summed E-state index contributed by atoms with van der Waals surface area (Å²) in [6.07, 6.45) is -2.74. The standard InChI is InChI=1S/C21H26F3N5OS/c1-5-14(6-2)15-11-12(3)25-19-16(13(4)27-29(15)19)17-18(21(22,23)24)26-20(31-17)28-7-9-30-10-8-28/h11,14H,5-10H2,1-4H3. The van der Waals surface area contributed by atoms with Crippen molar-refractivity contribution in [3.05, 3.63) is 28.8 Å². The SMILES string of the molecule is CCC(CC)c1cc(C)nc2c(-c3sc(N4CCOCC4)nc3C(F)(F)F)c(C)nn12. The first-order valence-electron chi connectivity index (χ1n) is 10.5. The Morgan fingerprint density at radius 2 is 1.81 bits per heavy atom. The lowest BCUT2D eigenvalue weighted by molar-refractivity contribution is -0.140. The molecule has 3 aromatic heterocycles. The van der Waals surface area contributed by atoms with Gasteiger partial charge in [-0.2, -0.15) is 18.3 Å². The second-order valence-electron chi connectivity index (χ2n) is 7.80. The number of aromatic nitrogens is 4. The largest absolute Gasteiger partial charge is 0.434 e. The van der Waals surface area contributed by atoms with E-state index in [0.717, 1.165) is 35.6 Å². The molecule has 1 aliphatic rings. The van der Waals surface area contributed by atoms with Gasteiger partial charge in [-0.3, -0.25) is 0 Å². The Hall–Kier alpha value is -2.20. The molecular formula is C21H26F3N5OS. The Labute approximate surface area is 183 Å². The van der Waals surface area contributed by atoms with Crippen molar-refractivity contribution in [3.8, 4) is 10.4 Å². The van der Waals surface area contributed by atoms with Crippen LogP contribution in [0.1, 0.15) is 55.4 Å². The van der Waals surface area contributed by atoms with Gasteiger partial charge in [0.25, 0.3) is 0 Å². The van der Waals surface area contributed by atoms with Crippen molar-refractivity contribution in [2.75, 3.05) is 31.2 Å². The molecule has 0 radical (unpaired) electrons. The summed E-state index contributed by atoms with van der Waals surface area (Å²) in [5.41, 5.74) is 2.27. The third-order valence-electron chi connectivity index (χ3n) is 5.72. The molecule has 31 heavy (non-hydrogen) atoms. The minimum absolute atomic E-state index is 0.0788. The van der Waals surface area contributed by atoms with Crippen molar-refractivity contribution in [2.45, 2.75) is 52.6 Å². The van der Waals surface area contributed by atoms with Gasteiger partial charge in [0.15, 0.2) is 16.5 Å². The van der Waals surface area contributed by atoms with Gasteiger partial charge in [-0.25, -0.2) is 14.5 Å². The van der Waals surface area contributed by atoms with E-state index in [0.29, 0.717) is 48.3 Å². The zero-order valence-electron chi connectivity index (χ0n) is 18.1. The molecular weight excluding hydrogens is 427 g/mol. The van der Waals surface area contributed by atoms with Crippen LogP contribution in [0.15, 0.2) is 6.07 Å². The van der Waals surface area contributed by atoms with Crippen LogP contribution in [0.5, 0.6) is 0 Å². The first-order valence-corrected chi connectivity index (χ1v) is 11.3. The summed E-state index contributed by atoms with van der Waals surface area (Å²) >= 11 is 1.06. The van der Waals surface area contributed by atoms with Gasteiger partial charge < -0.3 is 9.64 Å². The van der Waals surface area contributed by atoms with Gasteiger partial charge in [0, 0.05) is 30.4 Å². The van der Waals surface area contributed by atoms with Crippen LogP contribution in [-0.2, 0) is 10.9 Å². The zero-order chi connectivity index (χ0) is 22.3. The van der Waals surface area contributed by atoms with Crippen LogP contribution in [0.3, 0.4) is 0 Å². The van der Waals surface area contributed by atoms with Gasteiger partial charge in [-0.1, -0.05) is 25.2 Å². The molecule has 0 spiro atoms. The van der Waals surface area contributed by atoms with Crippen molar-refractivity contribution in [2.24, 2.45) is 0 Å². The third-order valence-corrected chi connectivity index (χ3v) is 6.85. The van der Waals surface area contributed by atoms with Gasteiger partial charge >= 0.3 is 6.18 Å². The van der Waals surface area contributed by atoms with Gasteiger partial charge in [0.2, 0.25) is 0 Å². The number of thiazole rings is 1. The molecule has 0 amide bonds. The van der Waals surface area contributed by atoms with Gasteiger partial charge in [0.1, 0.15) is 0 Å². The van der Waals surface area contributed by atoms with Crippen molar-refractivity contribution < 1.29 is 17.9 Å². The maximum absolute atomic E-state index is 14.0. The fourth-order valence-electron chi connectivity index (χ4n) is 4.10. The minimum Gasteiger partial charge on any atom is -0.378 e. The van der Waals surface area contributed by atoms with E-state index in [1.807, 2.05) is 17.9 Å². The lowest BCUT2D eigenvalue weighted by Crippen LogP contribution is -2.36. The van der Waals surface area contributed by atoms with Crippen LogP contribution in [0.2, 0.25) is 0 Å². The van der Waals surface area contributed by atoms with Crippen LogP contribution in [-0.4, -0.2) is 45.9 Å². The molecule has 0 aliphatic carbocycles. The predicted molar refractivity (Wildman–Crippen MR) is 115 cm³/mol. The van der Waals surface area contributed by atoms with Crippen molar-refractivity contribution in [1.82, 2.24) is 19.6 Å². The number of hydrogen-bond acceptors (Lipinski definition) is 6. The van der Waals surface area contributed by atoms with Gasteiger partial charge in [-0.05, 0) is 32.8 Å². The molecule has 0 aromatic carbocycles. The summed E-state index contributed by atoms with van der Waals surface area (Å²) < 4.78 is 49.1. The number of anilines is 1. The summed E-state index contributed by atoms with van der Waals surface area (Å²) in [6.45, 7) is 9.82. The number of rotatable bonds is 5. The van der Waals surface area contributed by atoms with Crippen LogP contribution in [0.4, 0.5) is 18.3 Å². The Balaban J connectivity index is 1.94. The molecule has 6 nitrogen and oxygen atoms in total. The molecule has 3 aromatic rings. The number of aryl methyl sites for hydroxylation is 2. The second-order valence-corrected chi connectivity index (χ2v) is 8.78. The van der Waals surface area contributed by atoms with Crippen LogP contribution in [0.25, 0.3) is 16.1 Å². The topological polar surface area (TPSA) is 55.5 Å². The van der Waals surface area contributed by atoms with E-state index < -0.39 is 11.9 Å². The van der Waals surface area contributed by atoms with Crippen molar-refractivity contribution in [1.29, 1.82) is 0 Å². The Morgan fingerprint density at radius 3 is 2.42 bits per heavy atom. The van der Waals surface area contributed by atoms with Crippen LogP contribution >= 0.6 is 11.3 Å². The molecule has 4 heterocycles. The van der Waals surface area contributed by atoms with Crippen molar-refractivity contribution >= 4 is 22.1 Å².